The maximum Gasteiger partial charge on any atom is 0.158 e. The maximum absolute atomic E-state index is 11.3. The summed E-state index contributed by atoms with van der Waals surface area (Å²) < 4.78 is 0. The minimum atomic E-state index is 0.322. The Bertz CT molecular complexity index is 347. The molecule has 1 aromatic rings. The quantitative estimate of drug-likeness (QED) is 0.667. The Morgan fingerprint density at radius 3 is 2.67 bits per heavy atom. The van der Waals surface area contributed by atoms with E-state index < -0.39 is 0 Å². The van der Waals surface area contributed by atoms with E-state index in [9.17, 15) is 4.79 Å². The van der Waals surface area contributed by atoms with Crippen molar-refractivity contribution >= 4 is 5.78 Å². The molecule has 0 heterocycles. The van der Waals surface area contributed by atoms with Crippen molar-refractivity contribution in [1.29, 1.82) is 0 Å². The molecule has 0 atom stereocenters. The molecule has 0 unspecified atom stereocenters. The molecule has 1 heteroatoms. The number of ketones is 1. The second kappa shape index (κ2) is 4.92. The second-order valence-corrected chi connectivity index (χ2v) is 4.10. The van der Waals surface area contributed by atoms with Crippen LogP contribution in [0, 0.1) is 5.92 Å². The van der Waals surface area contributed by atoms with E-state index in [1.54, 1.807) is 6.08 Å². The largest absolute Gasteiger partial charge is 0.295 e. The van der Waals surface area contributed by atoms with E-state index in [4.69, 9.17) is 0 Å². The Balaban J connectivity index is 1.72. The van der Waals surface area contributed by atoms with Crippen molar-refractivity contribution in [2.45, 2.75) is 25.7 Å². The van der Waals surface area contributed by atoms with Gasteiger partial charge in [0.15, 0.2) is 5.78 Å². The molecule has 1 aliphatic carbocycles. The van der Waals surface area contributed by atoms with E-state index in [1.165, 1.54) is 5.56 Å². The average molecular weight is 200 g/mol. The fourth-order valence-electron chi connectivity index (χ4n) is 1.60. The van der Waals surface area contributed by atoms with Gasteiger partial charge in [0, 0.05) is 5.92 Å². The van der Waals surface area contributed by atoms with Crippen molar-refractivity contribution in [3.8, 4) is 0 Å². The van der Waals surface area contributed by atoms with Gasteiger partial charge in [0.2, 0.25) is 0 Å². The van der Waals surface area contributed by atoms with Crippen LogP contribution >= 0.6 is 0 Å². The molecule has 0 amide bonds. The summed E-state index contributed by atoms with van der Waals surface area (Å²) in [7, 11) is 0. The molecule has 2 rings (SSSR count). The lowest BCUT2D eigenvalue weighted by atomic mass is 10.1. The number of rotatable bonds is 5. The van der Waals surface area contributed by atoms with E-state index >= 15 is 0 Å². The van der Waals surface area contributed by atoms with Gasteiger partial charge in [-0.3, -0.25) is 4.79 Å². The van der Waals surface area contributed by atoms with Crippen molar-refractivity contribution in [3.63, 3.8) is 0 Å². The average Bonchev–Trinajstić information content (AvgIpc) is 3.09. The Hall–Kier alpha value is -1.37. The smallest absolute Gasteiger partial charge is 0.158 e. The Labute approximate surface area is 90.8 Å². The number of hydrogen-bond acceptors (Lipinski definition) is 1. The van der Waals surface area contributed by atoms with Gasteiger partial charge in [0.1, 0.15) is 0 Å². The molecular weight excluding hydrogens is 184 g/mol. The van der Waals surface area contributed by atoms with Crippen LogP contribution in [0.2, 0.25) is 0 Å². The van der Waals surface area contributed by atoms with Gasteiger partial charge in [-0.1, -0.05) is 36.4 Å². The molecule has 0 N–H and O–H groups in total. The first-order valence-electron chi connectivity index (χ1n) is 5.60. The lowest BCUT2D eigenvalue weighted by molar-refractivity contribution is -0.115. The van der Waals surface area contributed by atoms with Crippen LogP contribution in [0.3, 0.4) is 0 Å². The summed E-state index contributed by atoms with van der Waals surface area (Å²) in [6.45, 7) is 0. The molecule has 1 aliphatic rings. The third-order valence-electron chi connectivity index (χ3n) is 2.70. The van der Waals surface area contributed by atoms with Gasteiger partial charge in [-0.25, -0.2) is 0 Å². The van der Waals surface area contributed by atoms with Crippen LogP contribution in [0.15, 0.2) is 42.5 Å². The normalized spacial score (nSPS) is 15.7. The Kier molecular flexibility index (Phi) is 3.33. The summed E-state index contributed by atoms with van der Waals surface area (Å²) in [5.41, 5.74) is 1.33. The first-order chi connectivity index (χ1) is 7.36. The van der Waals surface area contributed by atoms with E-state index in [2.05, 4.69) is 12.1 Å². The zero-order chi connectivity index (χ0) is 10.5. The molecule has 1 aromatic carbocycles. The molecule has 1 fully saturated rings. The highest BCUT2D eigenvalue weighted by Gasteiger charge is 2.27. The van der Waals surface area contributed by atoms with Gasteiger partial charge in [-0.15, -0.1) is 0 Å². The zero-order valence-electron chi connectivity index (χ0n) is 8.86. The van der Waals surface area contributed by atoms with Gasteiger partial charge in [-0.2, -0.15) is 0 Å². The summed E-state index contributed by atoms with van der Waals surface area (Å²) in [4.78, 5) is 11.3. The molecule has 0 bridgehead atoms. The minimum Gasteiger partial charge on any atom is -0.295 e. The van der Waals surface area contributed by atoms with Crippen LogP contribution < -0.4 is 0 Å². The highest BCUT2D eigenvalue weighted by Crippen LogP contribution is 2.30. The highest BCUT2D eigenvalue weighted by molar-refractivity contribution is 5.93. The summed E-state index contributed by atoms with van der Waals surface area (Å²) >= 11 is 0. The fourth-order valence-corrected chi connectivity index (χ4v) is 1.60. The lowest BCUT2D eigenvalue weighted by Gasteiger charge is -1.96. The number of hydrogen-bond donors (Lipinski definition) is 0. The van der Waals surface area contributed by atoms with E-state index in [0.717, 1.165) is 25.7 Å². The van der Waals surface area contributed by atoms with Crippen molar-refractivity contribution in [2.75, 3.05) is 0 Å². The molecule has 0 saturated heterocycles. The minimum absolute atomic E-state index is 0.322. The summed E-state index contributed by atoms with van der Waals surface area (Å²) in [5, 5.41) is 0. The SMILES string of the molecule is O=C(/C=C/CCc1ccccc1)C1CC1. The molecule has 78 valence electrons. The van der Waals surface area contributed by atoms with Crippen molar-refractivity contribution in [3.05, 3.63) is 48.0 Å². The topological polar surface area (TPSA) is 17.1 Å². The lowest BCUT2D eigenvalue weighted by Crippen LogP contribution is -1.93. The van der Waals surface area contributed by atoms with E-state index in [-0.39, 0.29) is 0 Å². The molecular formula is C14H16O. The van der Waals surface area contributed by atoms with Crippen LogP contribution in [0.4, 0.5) is 0 Å². The van der Waals surface area contributed by atoms with Gasteiger partial charge < -0.3 is 0 Å². The zero-order valence-corrected chi connectivity index (χ0v) is 8.86. The molecule has 0 aliphatic heterocycles. The fraction of sp³-hybridized carbons (Fsp3) is 0.357. The van der Waals surface area contributed by atoms with E-state index in [0.29, 0.717) is 11.7 Å². The van der Waals surface area contributed by atoms with E-state index in [1.807, 2.05) is 24.3 Å². The Morgan fingerprint density at radius 2 is 2.00 bits per heavy atom. The summed E-state index contributed by atoms with van der Waals surface area (Å²) in [6.07, 6.45) is 7.95. The maximum atomic E-state index is 11.3. The van der Waals surface area contributed by atoms with Gasteiger partial charge in [-0.05, 0) is 37.3 Å². The summed E-state index contributed by atoms with van der Waals surface area (Å²) in [6, 6.07) is 10.4. The predicted octanol–water partition coefficient (Wildman–Crippen LogP) is 3.15. The molecule has 0 spiro atoms. The molecule has 15 heavy (non-hydrogen) atoms. The number of allylic oxidation sites excluding steroid dienone is 2. The number of benzene rings is 1. The van der Waals surface area contributed by atoms with Crippen molar-refractivity contribution in [2.24, 2.45) is 5.92 Å². The monoisotopic (exact) mass is 200 g/mol. The first-order valence-corrected chi connectivity index (χ1v) is 5.60. The second-order valence-electron chi connectivity index (χ2n) is 4.10. The van der Waals surface area contributed by atoms with Crippen LogP contribution in [0.5, 0.6) is 0 Å². The predicted molar refractivity (Wildman–Crippen MR) is 61.6 cm³/mol. The van der Waals surface area contributed by atoms with Crippen molar-refractivity contribution in [1.82, 2.24) is 0 Å². The van der Waals surface area contributed by atoms with Gasteiger partial charge in [0.05, 0.1) is 0 Å². The van der Waals surface area contributed by atoms with Crippen LogP contribution in [-0.2, 0) is 11.2 Å². The van der Waals surface area contributed by atoms with Crippen molar-refractivity contribution < 1.29 is 4.79 Å². The van der Waals surface area contributed by atoms with Gasteiger partial charge >= 0.3 is 0 Å². The standard InChI is InChI=1S/C14H16O/c15-14(13-10-11-13)9-5-4-8-12-6-2-1-3-7-12/h1-3,5-7,9,13H,4,8,10-11H2/b9-5+. The number of aryl methyl sites for hydroxylation is 1. The third-order valence-corrected chi connectivity index (χ3v) is 2.70. The van der Waals surface area contributed by atoms with Crippen LogP contribution in [0.25, 0.3) is 0 Å². The number of carbonyl (C=O) groups excluding carboxylic acids is 1. The first kappa shape index (κ1) is 10.2. The van der Waals surface area contributed by atoms with Gasteiger partial charge in [0.25, 0.3) is 0 Å². The Morgan fingerprint density at radius 1 is 1.27 bits per heavy atom. The van der Waals surface area contributed by atoms with Crippen LogP contribution in [-0.4, -0.2) is 5.78 Å². The molecule has 1 nitrogen and oxygen atoms in total. The molecule has 0 aromatic heterocycles. The molecule has 0 radical (unpaired) electrons. The highest BCUT2D eigenvalue weighted by atomic mass is 16.1. The summed E-state index contributed by atoms with van der Waals surface area (Å²) in [5.74, 6) is 0.682. The third kappa shape index (κ3) is 3.35. The number of carbonyl (C=O) groups is 1. The van der Waals surface area contributed by atoms with Crippen LogP contribution in [0.1, 0.15) is 24.8 Å². The molecule has 1 saturated carbocycles.